The van der Waals surface area contributed by atoms with Crippen LogP contribution < -0.4 is 10.5 Å². The van der Waals surface area contributed by atoms with Crippen LogP contribution in [-0.2, 0) is 0 Å². The van der Waals surface area contributed by atoms with Gasteiger partial charge in [-0.15, -0.1) is 0 Å². The molecule has 5 heteroatoms. The van der Waals surface area contributed by atoms with Gasteiger partial charge in [0.2, 0.25) is 0 Å². The number of H-pyrrole nitrogens is 1. The van der Waals surface area contributed by atoms with Gasteiger partial charge in [-0.05, 0) is 25.9 Å². The van der Waals surface area contributed by atoms with Crippen LogP contribution in [0, 0.1) is 0 Å². The fraction of sp³-hybridized carbons (Fsp3) is 0.667. The standard InChI is InChI=1S/C12H20N4O/c1-3-16-6-4-5-10(16)9-15(2)11-7-12(17)14-13-8-11/h7-8,10H,3-6,9H2,1-2H3,(H,14,17). The summed E-state index contributed by atoms with van der Waals surface area (Å²) >= 11 is 0. The summed E-state index contributed by atoms with van der Waals surface area (Å²) in [5, 5.41) is 6.22. The highest BCUT2D eigenvalue weighted by Gasteiger charge is 2.24. The van der Waals surface area contributed by atoms with Crippen molar-refractivity contribution in [1.82, 2.24) is 15.1 Å². The maximum absolute atomic E-state index is 11.2. The van der Waals surface area contributed by atoms with Crippen LogP contribution in [0.15, 0.2) is 17.1 Å². The molecule has 1 atom stereocenters. The molecular formula is C12H20N4O. The summed E-state index contributed by atoms with van der Waals surface area (Å²) in [6.07, 6.45) is 4.22. The van der Waals surface area contributed by atoms with Gasteiger partial charge in [0.05, 0.1) is 11.9 Å². The summed E-state index contributed by atoms with van der Waals surface area (Å²) in [5.41, 5.74) is 0.741. The lowest BCUT2D eigenvalue weighted by Crippen LogP contribution is -2.39. The van der Waals surface area contributed by atoms with Crippen molar-refractivity contribution < 1.29 is 0 Å². The van der Waals surface area contributed by atoms with Crippen molar-refractivity contribution >= 4 is 5.69 Å². The normalized spacial score (nSPS) is 20.7. The summed E-state index contributed by atoms with van der Waals surface area (Å²) < 4.78 is 0. The number of nitrogens with one attached hydrogen (secondary N) is 1. The van der Waals surface area contributed by atoms with Crippen LogP contribution in [0.4, 0.5) is 5.69 Å². The lowest BCUT2D eigenvalue weighted by Gasteiger charge is -2.28. The topological polar surface area (TPSA) is 52.2 Å². The SMILES string of the molecule is CCN1CCCC1CN(C)c1cn[nH]c(=O)c1. The fourth-order valence-electron chi connectivity index (χ4n) is 2.51. The van der Waals surface area contributed by atoms with Crippen molar-refractivity contribution in [3.05, 3.63) is 22.6 Å². The third-order valence-corrected chi connectivity index (χ3v) is 3.48. The number of hydrogen-bond acceptors (Lipinski definition) is 4. The summed E-state index contributed by atoms with van der Waals surface area (Å²) in [7, 11) is 2.02. The van der Waals surface area contributed by atoms with Crippen LogP contribution in [-0.4, -0.2) is 47.8 Å². The second-order valence-corrected chi connectivity index (χ2v) is 4.61. The predicted octanol–water partition coefficient (Wildman–Crippen LogP) is 0.690. The molecule has 17 heavy (non-hydrogen) atoms. The number of likely N-dealkylation sites (N-methyl/N-ethyl adjacent to an activating group) is 2. The van der Waals surface area contributed by atoms with E-state index in [1.807, 2.05) is 7.05 Å². The van der Waals surface area contributed by atoms with Crippen molar-refractivity contribution in [3.63, 3.8) is 0 Å². The minimum Gasteiger partial charge on any atom is -0.372 e. The van der Waals surface area contributed by atoms with Gasteiger partial charge < -0.3 is 4.90 Å². The van der Waals surface area contributed by atoms with Crippen LogP contribution in [0.1, 0.15) is 19.8 Å². The van der Waals surface area contributed by atoms with E-state index in [-0.39, 0.29) is 5.56 Å². The fourth-order valence-corrected chi connectivity index (χ4v) is 2.51. The van der Waals surface area contributed by atoms with Gasteiger partial charge in [0.1, 0.15) is 0 Å². The molecule has 0 radical (unpaired) electrons. The number of anilines is 1. The minimum atomic E-state index is -0.145. The molecule has 2 rings (SSSR count). The lowest BCUT2D eigenvalue weighted by molar-refractivity contribution is 0.270. The van der Waals surface area contributed by atoms with E-state index in [1.54, 1.807) is 12.3 Å². The number of hydrogen-bond donors (Lipinski definition) is 1. The Morgan fingerprint density at radius 2 is 2.47 bits per heavy atom. The quantitative estimate of drug-likeness (QED) is 0.835. The van der Waals surface area contributed by atoms with Crippen LogP contribution >= 0.6 is 0 Å². The van der Waals surface area contributed by atoms with Crippen LogP contribution in [0.2, 0.25) is 0 Å². The molecule has 1 aromatic heterocycles. The zero-order valence-corrected chi connectivity index (χ0v) is 10.5. The largest absolute Gasteiger partial charge is 0.372 e. The average Bonchev–Trinajstić information content (AvgIpc) is 2.76. The highest BCUT2D eigenvalue weighted by molar-refractivity contribution is 5.41. The highest BCUT2D eigenvalue weighted by Crippen LogP contribution is 2.19. The Hall–Kier alpha value is -1.36. The van der Waals surface area contributed by atoms with E-state index in [9.17, 15) is 4.79 Å². The Bertz CT molecular complexity index is 417. The van der Waals surface area contributed by atoms with Crippen molar-refractivity contribution in [1.29, 1.82) is 0 Å². The zero-order chi connectivity index (χ0) is 12.3. The van der Waals surface area contributed by atoms with Crippen LogP contribution in [0.5, 0.6) is 0 Å². The second kappa shape index (κ2) is 5.31. The van der Waals surface area contributed by atoms with E-state index in [4.69, 9.17) is 0 Å². The van der Waals surface area contributed by atoms with Gasteiger partial charge >= 0.3 is 0 Å². The predicted molar refractivity (Wildman–Crippen MR) is 68.4 cm³/mol. The van der Waals surface area contributed by atoms with Gasteiger partial charge in [-0.2, -0.15) is 5.10 Å². The van der Waals surface area contributed by atoms with Gasteiger partial charge in [0, 0.05) is 25.7 Å². The first kappa shape index (κ1) is 12.1. The number of likely N-dealkylation sites (tertiary alicyclic amines) is 1. The maximum atomic E-state index is 11.2. The molecule has 0 spiro atoms. The number of nitrogens with zero attached hydrogens (tertiary/aromatic N) is 3. The molecule has 1 aliphatic heterocycles. The first-order valence-corrected chi connectivity index (χ1v) is 6.20. The third kappa shape index (κ3) is 2.85. The highest BCUT2D eigenvalue weighted by atomic mass is 16.1. The Morgan fingerprint density at radius 3 is 3.18 bits per heavy atom. The summed E-state index contributed by atoms with van der Waals surface area (Å²) in [5.74, 6) is 0. The minimum absolute atomic E-state index is 0.145. The van der Waals surface area contributed by atoms with Crippen LogP contribution in [0.3, 0.4) is 0 Å². The summed E-state index contributed by atoms with van der Waals surface area (Å²) in [6, 6.07) is 2.20. The van der Waals surface area contributed by atoms with E-state index >= 15 is 0 Å². The molecule has 94 valence electrons. The molecule has 0 bridgehead atoms. The zero-order valence-electron chi connectivity index (χ0n) is 10.5. The van der Waals surface area contributed by atoms with Crippen molar-refractivity contribution in [3.8, 4) is 0 Å². The van der Waals surface area contributed by atoms with E-state index in [1.165, 1.54) is 19.4 Å². The Kier molecular flexibility index (Phi) is 3.78. The molecule has 1 aliphatic rings. The molecule has 5 nitrogen and oxygen atoms in total. The molecule has 1 saturated heterocycles. The molecule has 0 aromatic carbocycles. The molecular weight excluding hydrogens is 216 g/mol. The van der Waals surface area contributed by atoms with Crippen molar-refractivity contribution in [2.45, 2.75) is 25.8 Å². The molecule has 1 aromatic rings. The van der Waals surface area contributed by atoms with Crippen molar-refractivity contribution in [2.24, 2.45) is 0 Å². The van der Waals surface area contributed by atoms with Gasteiger partial charge in [0.25, 0.3) is 5.56 Å². The third-order valence-electron chi connectivity index (χ3n) is 3.48. The summed E-state index contributed by atoms with van der Waals surface area (Å²) in [4.78, 5) is 15.8. The molecule has 1 N–H and O–H groups in total. The van der Waals surface area contributed by atoms with E-state index in [0.717, 1.165) is 18.8 Å². The monoisotopic (exact) mass is 236 g/mol. The molecule has 0 amide bonds. The van der Waals surface area contributed by atoms with E-state index in [0.29, 0.717) is 6.04 Å². The summed E-state index contributed by atoms with van der Waals surface area (Å²) in [6.45, 7) is 5.46. The molecule has 1 unspecified atom stereocenters. The first-order chi connectivity index (χ1) is 8.20. The second-order valence-electron chi connectivity index (χ2n) is 4.61. The van der Waals surface area contributed by atoms with Gasteiger partial charge in [0.15, 0.2) is 0 Å². The number of rotatable bonds is 4. The Balaban J connectivity index is 2.01. The molecule has 2 heterocycles. The average molecular weight is 236 g/mol. The first-order valence-electron chi connectivity index (χ1n) is 6.20. The molecule has 1 fully saturated rings. The lowest BCUT2D eigenvalue weighted by atomic mass is 10.2. The maximum Gasteiger partial charge on any atom is 0.266 e. The van der Waals surface area contributed by atoms with Crippen LogP contribution in [0.25, 0.3) is 0 Å². The number of aromatic amines is 1. The van der Waals surface area contributed by atoms with Gasteiger partial charge in [-0.3, -0.25) is 9.69 Å². The van der Waals surface area contributed by atoms with E-state index in [2.05, 4.69) is 26.9 Å². The van der Waals surface area contributed by atoms with Gasteiger partial charge in [-0.25, -0.2) is 5.10 Å². The Morgan fingerprint density at radius 1 is 1.65 bits per heavy atom. The number of aromatic nitrogens is 2. The van der Waals surface area contributed by atoms with Gasteiger partial charge in [-0.1, -0.05) is 6.92 Å². The molecule has 0 aliphatic carbocycles. The Labute approximate surface area is 101 Å². The molecule has 0 saturated carbocycles. The smallest absolute Gasteiger partial charge is 0.266 e. The van der Waals surface area contributed by atoms with Crippen molar-refractivity contribution in [2.75, 3.05) is 31.6 Å². The van der Waals surface area contributed by atoms with E-state index < -0.39 is 0 Å².